The molecule has 3 unspecified atom stereocenters. The van der Waals surface area contributed by atoms with Crippen molar-refractivity contribution in [3.63, 3.8) is 0 Å². The molecule has 2 fully saturated rings. The molecule has 1 saturated carbocycles. The van der Waals surface area contributed by atoms with Crippen molar-refractivity contribution < 1.29 is 9.53 Å². The van der Waals surface area contributed by atoms with Crippen LogP contribution >= 0.6 is 12.4 Å². The minimum Gasteiger partial charge on any atom is -0.465 e. The second kappa shape index (κ2) is 4.29. The predicted molar refractivity (Wildman–Crippen MR) is 51.9 cm³/mol. The molecule has 1 N–H and O–H groups in total. The molecule has 1 heterocycles. The van der Waals surface area contributed by atoms with Crippen molar-refractivity contribution in [2.75, 3.05) is 13.2 Å². The summed E-state index contributed by atoms with van der Waals surface area (Å²) in [4.78, 5) is 11.4. The van der Waals surface area contributed by atoms with E-state index >= 15 is 0 Å². The number of fused-ring (bicyclic) bond motifs is 1. The van der Waals surface area contributed by atoms with Crippen LogP contribution in [0.5, 0.6) is 0 Å². The van der Waals surface area contributed by atoms with E-state index in [0.29, 0.717) is 12.5 Å². The van der Waals surface area contributed by atoms with Gasteiger partial charge >= 0.3 is 5.97 Å². The zero-order chi connectivity index (χ0) is 8.55. The van der Waals surface area contributed by atoms with Gasteiger partial charge in [0.25, 0.3) is 0 Å². The quantitative estimate of drug-likeness (QED) is 0.683. The highest BCUT2D eigenvalue weighted by Gasteiger charge is 2.48. The summed E-state index contributed by atoms with van der Waals surface area (Å²) in [5.74, 6) is 1.34. The zero-order valence-electron chi connectivity index (χ0n) is 7.79. The van der Waals surface area contributed by atoms with Crippen LogP contribution in [-0.2, 0) is 9.53 Å². The summed E-state index contributed by atoms with van der Waals surface area (Å²) in [7, 11) is 0. The zero-order valence-corrected chi connectivity index (χ0v) is 8.60. The van der Waals surface area contributed by atoms with E-state index in [2.05, 4.69) is 5.32 Å². The Bertz CT molecular complexity index is 198. The molecule has 0 aromatic heterocycles. The fourth-order valence-corrected chi connectivity index (χ4v) is 2.08. The maximum Gasteiger partial charge on any atom is 0.323 e. The van der Waals surface area contributed by atoms with Crippen LogP contribution in [0.2, 0.25) is 0 Å². The second-order valence-corrected chi connectivity index (χ2v) is 3.63. The largest absolute Gasteiger partial charge is 0.465 e. The average molecular weight is 206 g/mol. The van der Waals surface area contributed by atoms with Gasteiger partial charge in [0.05, 0.1) is 6.61 Å². The van der Waals surface area contributed by atoms with Gasteiger partial charge in [0.2, 0.25) is 0 Å². The van der Waals surface area contributed by atoms with E-state index in [4.69, 9.17) is 4.74 Å². The topological polar surface area (TPSA) is 38.3 Å². The molecule has 0 aromatic rings. The van der Waals surface area contributed by atoms with Crippen molar-refractivity contribution in [1.82, 2.24) is 5.32 Å². The Kier molecular flexibility index (Phi) is 3.56. The molecule has 2 aliphatic rings. The summed E-state index contributed by atoms with van der Waals surface area (Å²) in [6, 6.07) is 0.00343. The lowest BCUT2D eigenvalue weighted by Crippen LogP contribution is -2.43. The molecule has 76 valence electrons. The van der Waals surface area contributed by atoms with Crippen molar-refractivity contribution in [3.8, 4) is 0 Å². The first-order valence-electron chi connectivity index (χ1n) is 4.73. The first-order valence-corrected chi connectivity index (χ1v) is 4.73. The van der Waals surface area contributed by atoms with Gasteiger partial charge in [-0.3, -0.25) is 4.79 Å². The molecule has 2 rings (SSSR count). The molecule has 13 heavy (non-hydrogen) atoms. The van der Waals surface area contributed by atoms with Crippen molar-refractivity contribution in [2.24, 2.45) is 11.8 Å². The number of ether oxygens (including phenoxy) is 1. The number of hydrogen-bond acceptors (Lipinski definition) is 3. The minimum atomic E-state index is -0.0512. The van der Waals surface area contributed by atoms with Gasteiger partial charge in [-0.25, -0.2) is 0 Å². The predicted octanol–water partition coefficient (Wildman–Crippen LogP) is 0.969. The van der Waals surface area contributed by atoms with E-state index in [-0.39, 0.29) is 24.4 Å². The smallest absolute Gasteiger partial charge is 0.323 e. The number of halogens is 1. The van der Waals surface area contributed by atoms with Crippen molar-refractivity contribution in [1.29, 1.82) is 0 Å². The van der Waals surface area contributed by atoms with Gasteiger partial charge in [-0.15, -0.1) is 12.4 Å². The molecule has 3 atom stereocenters. The van der Waals surface area contributed by atoms with Crippen LogP contribution in [0.25, 0.3) is 0 Å². The SMILES string of the molecule is CCOC(=O)C1NCCC2CC21.Cl. The molecule has 3 nitrogen and oxygen atoms in total. The Labute approximate surface area is 84.6 Å². The lowest BCUT2D eigenvalue weighted by Gasteiger charge is -2.20. The number of rotatable bonds is 2. The van der Waals surface area contributed by atoms with Gasteiger partial charge in [0.15, 0.2) is 0 Å². The van der Waals surface area contributed by atoms with Gasteiger partial charge in [-0.05, 0) is 38.1 Å². The van der Waals surface area contributed by atoms with Crippen LogP contribution in [0.1, 0.15) is 19.8 Å². The van der Waals surface area contributed by atoms with E-state index in [1.54, 1.807) is 0 Å². The highest BCUT2D eigenvalue weighted by molar-refractivity contribution is 5.85. The average Bonchev–Trinajstić information content (AvgIpc) is 2.81. The van der Waals surface area contributed by atoms with Gasteiger partial charge in [-0.1, -0.05) is 0 Å². The van der Waals surface area contributed by atoms with Crippen LogP contribution in [0.15, 0.2) is 0 Å². The Morgan fingerprint density at radius 1 is 1.62 bits per heavy atom. The number of carbonyl (C=O) groups is 1. The van der Waals surface area contributed by atoms with Crippen LogP contribution < -0.4 is 5.32 Å². The minimum absolute atomic E-state index is 0. The summed E-state index contributed by atoms with van der Waals surface area (Å²) < 4.78 is 4.98. The molecule has 0 bridgehead atoms. The lowest BCUT2D eigenvalue weighted by molar-refractivity contribution is -0.146. The van der Waals surface area contributed by atoms with E-state index < -0.39 is 0 Å². The number of hydrogen-bond donors (Lipinski definition) is 1. The molecule has 0 spiro atoms. The van der Waals surface area contributed by atoms with Gasteiger partial charge in [0.1, 0.15) is 6.04 Å². The molecule has 4 heteroatoms. The summed E-state index contributed by atoms with van der Waals surface area (Å²) >= 11 is 0. The molecule has 1 aliphatic heterocycles. The number of nitrogens with one attached hydrogen (secondary N) is 1. The number of piperidine rings is 1. The maximum atomic E-state index is 11.4. The van der Waals surface area contributed by atoms with E-state index in [9.17, 15) is 4.79 Å². The molecular weight excluding hydrogens is 190 g/mol. The Morgan fingerprint density at radius 2 is 2.38 bits per heavy atom. The second-order valence-electron chi connectivity index (χ2n) is 3.63. The Balaban J connectivity index is 0.000000845. The van der Waals surface area contributed by atoms with Gasteiger partial charge < -0.3 is 10.1 Å². The van der Waals surface area contributed by atoms with Crippen LogP contribution in [-0.4, -0.2) is 25.2 Å². The molecule has 1 saturated heterocycles. The van der Waals surface area contributed by atoms with Crippen molar-refractivity contribution in [3.05, 3.63) is 0 Å². The fraction of sp³-hybridized carbons (Fsp3) is 0.889. The highest BCUT2D eigenvalue weighted by atomic mass is 35.5. The summed E-state index contributed by atoms with van der Waals surface area (Å²) in [5.41, 5.74) is 0. The first kappa shape index (κ1) is 10.8. The fourth-order valence-electron chi connectivity index (χ4n) is 2.08. The third kappa shape index (κ3) is 2.15. The van der Waals surface area contributed by atoms with Crippen molar-refractivity contribution >= 4 is 18.4 Å². The van der Waals surface area contributed by atoms with Crippen LogP contribution in [0, 0.1) is 11.8 Å². The number of esters is 1. The lowest BCUT2D eigenvalue weighted by atomic mass is 10.1. The van der Waals surface area contributed by atoms with Crippen LogP contribution in [0.3, 0.4) is 0 Å². The molecule has 0 aromatic carbocycles. The first-order chi connectivity index (χ1) is 5.83. The summed E-state index contributed by atoms with van der Waals surface area (Å²) in [6.07, 6.45) is 2.46. The number of carbonyl (C=O) groups excluding carboxylic acids is 1. The van der Waals surface area contributed by atoms with Crippen molar-refractivity contribution in [2.45, 2.75) is 25.8 Å². The monoisotopic (exact) mass is 205 g/mol. The van der Waals surface area contributed by atoms with E-state index in [1.807, 2.05) is 6.92 Å². The summed E-state index contributed by atoms with van der Waals surface area (Å²) in [6.45, 7) is 3.32. The van der Waals surface area contributed by atoms with E-state index in [0.717, 1.165) is 12.5 Å². The van der Waals surface area contributed by atoms with Gasteiger partial charge in [0, 0.05) is 0 Å². The third-order valence-electron chi connectivity index (χ3n) is 2.83. The standard InChI is InChI=1S/C9H15NO2.ClH/c1-2-12-9(11)8-7-5-6(7)3-4-10-8;/h6-8,10H,2-5H2,1H3;1H. The van der Waals surface area contributed by atoms with E-state index in [1.165, 1.54) is 12.8 Å². The maximum absolute atomic E-state index is 11.4. The molecular formula is C9H16ClNO2. The summed E-state index contributed by atoms with van der Waals surface area (Å²) in [5, 5.41) is 3.22. The van der Waals surface area contributed by atoms with Gasteiger partial charge in [-0.2, -0.15) is 0 Å². The third-order valence-corrected chi connectivity index (χ3v) is 2.83. The molecule has 0 amide bonds. The Morgan fingerprint density at radius 3 is 3.08 bits per heavy atom. The van der Waals surface area contributed by atoms with Crippen LogP contribution in [0.4, 0.5) is 0 Å². The Hall–Kier alpha value is -0.280. The molecule has 1 aliphatic carbocycles. The normalized spacial score (nSPS) is 35.6. The highest BCUT2D eigenvalue weighted by Crippen LogP contribution is 2.46. The molecule has 0 radical (unpaired) electrons.